The zero-order valence-corrected chi connectivity index (χ0v) is 15.1. The van der Waals surface area contributed by atoms with E-state index in [1.807, 2.05) is 24.4 Å². The van der Waals surface area contributed by atoms with Crippen LogP contribution in [0.15, 0.2) is 60.9 Å². The molecule has 0 unspecified atom stereocenters. The van der Waals surface area contributed by atoms with Crippen LogP contribution in [0.2, 0.25) is 0 Å². The molecular formula is C21H21N5O. The third-order valence-corrected chi connectivity index (χ3v) is 4.52. The Kier molecular flexibility index (Phi) is 4.91. The molecule has 2 aromatic heterocycles. The standard InChI is InChI=1S/C21H21N5O/c1-15-18(16-6-3-2-4-7-16)8-5-9-19(15)20-14-26-21(24-20)23-13-17(25-26)12-22-10-11-27/h2-9,13-14,22,27H,10-12H2,1H3. The number of rotatable bonds is 6. The summed E-state index contributed by atoms with van der Waals surface area (Å²) in [7, 11) is 0. The average Bonchev–Trinajstić information content (AvgIpc) is 3.12. The number of aliphatic hydroxyl groups excluding tert-OH is 1. The molecule has 0 radical (unpaired) electrons. The Morgan fingerprint density at radius 3 is 2.67 bits per heavy atom. The van der Waals surface area contributed by atoms with Crippen molar-refractivity contribution in [2.75, 3.05) is 13.2 Å². The van der Waals surface area contributed by atoms with Gasteiger partial charge in [-0.2, -0.15) is 5.10 Å². The fourth-order valence-corrected chi connectivity index (χ4v) is 3.17. The Bertz CT molecular complexity index is 1060. The second-order valence-electron chi connectivity index (χ2n) is 6.36. The van der Waals surface area contributed by atoms with E-state index in [9.17, 15) is 0 Å². The molecule has 0 spiro atoms. The van der Waals surface area contributed by atoms with Crippen molar-refractivity contribution in [2.45, 2.75) is 13.5 Å². The van der Waals surface area contributed by atoms with E-state index in [1.54, 1.807) is 10.7 Å². The molecule has 2 N–H and O–H groups in total. The van der Waals surface area contributed by atoms with Gasteiger partial charge in [0.25, 0.3) is 5.78 Å². The normalized spacial score (nSPS) is 11.2. The zero-order chi connectivity index (χ0) is 18.6. The van der Waals surface area contributed by atoms with Crippen LogP contribution < -0.4 is 5.32 Å². The Hall–Kier alpha value is -3.09. The highest BCUT2D eigenvalue weighted by Crippen LogP contribution is 2.31. The van der Waals surface area contributed by atoms with Gasteiger partial charge in [-0.05, 0) is 23.6 Å². The van der Waals surface area contributed by atoms with E-state index in [1.165, 1.54) is 16.7 Å². The van der Waals surface area contributed by atoms with Crippen LogP contribution in [0.25, 0.3) is 28.2 Å². The molecule has 0 saturated heterocycles. The maximum Gasteiger partial charge on any atom is 0.251 e. The molecule has 0 aliphatic rings. The molecule has 6 heteroatoms. The first-order chi connectivity index (χ1) is 13.3. The van der Waals surface area contributed by atoms with E-state index >= 15 is 0 Å². The monoisotopic (exact) mass is 359 g/mol. The highest BCUT2D eigenvalue weighted by atomic mass is 16.3. The number of nitrogens with one attached hydrogen (secondary N) is 1. The van der Waals surface area contributed by atoms with Crippen molar-refractivity contribution in [1.29, 1.82) is 0 Å². The molecular weight excluding hydrogens is 338 g/mol. The first kappa shape index (κ1) is 17.3. The Morgan fingerprint density at radius 1 is 1.04 bits per heavy atom. The highest BCUT2D eigenvalue weighted by molar-refractivity contribution is 5.77. The van der Waals surface area contributed by atoms with Crippen molar-refractivity contribution in [3.8, 4) is 22.4 Å². The summed E-state index contributed by atoms with van der Waals surface area (Å²) in [6.07, 6.45) is 3.62. The van der Waals surface area contributed by atoms with Gasteiger partial charge >= 0.3 is 0 Å². The largest absolute Gasteiger partial charge is 0.395 e. The van der Waals surface area contributed by atoms with Crippen molar-refractivity contribution in [3.05, 3.63) is 72.2 Å². The fourth-order valence-electron chi connectivity index (χ4n) is 3.17. The number of benzene rings is 2. The summed E-state index contributed by atoms with van der Waals surface area (Å²) in [5.74, 6) is 0.570. The van der Waals surface area contributed by atoms with Crippen molar-refractivity contribution in [1.82, 2.24) is 24.9 Å². The molecule has 0 saturated carbocycles. The molecule has 2 heterocycles. The third kappa shape index (κ3) is 3.58. The van der Waals surface area contributed by atoms with Crippen LogP contribution in [0.1, 0.15) is 11.3 Å². The molecule has 0 amide bonds. The second kappa shape index (κ2) is 7.65. The van der Waals surface area contributed by atoms with Gasteiger partial charge in [0.05, 0.1) is 30.4 Å². The minimum atomic E-state index is 0.0991. The lowest BCUT2D eigenvalue weighted by molar-refractivity contribution is 0.291. The smallest absolute Gasteiger partial charge is 0.251 e. The minimum Gasteiger partial charge on any atom is -0.395 e. The van der Waals surface area contributed by atoms with Crippen molar-refractivity contribution >= 4 is 5.78 Å². The zero-order valence-electron chi connectivity index (χ0n) is 15.1. The lowest BCUT2D eigenvalue weighted by Gasteiger charge is -2.09. The van der Waals surface area contributed by atoms with Crippen LogP contribution in [0.4, 0.5) is 0 Å². The molecule has 4 rings (SSSR count). The molecule has 0 fully saturated rings. The predicted molar refractivity (Wildman–Crippen MR) is 105 cm³/mol. The molecule has 0 atom stereocenters. The number of hydrogen-bond donors (Lipinski definition) is 2. The molecule has 4 aromatic rings. The van der Waals surface area contributed by atoms with E-state index in [0.717, 1.165) is 17.0 Å². The fraction of sp³-hybridized carbons (Fsp3) is 0.190. The second-order valence-corrected chi connectivity index (χ2v) is 6.36. The number of aromatic nitrogens is 4. The predicted octanol–water partition coefficient (Wildman–Crippen LogP) is 2.85. The topological polar surface area (TPSA) is 75.3 Å². The quantitative estimate of drug-likeness (QED) is 0.518. The Morgan fingerprint density at radius 2 is 1.85 bits per heavy atom. The number of nitrogens with zero attached hydrogens (tertiary/aromatic N) is 4. The Balaban J connectivity index is 1.70. The summed E-state index contributed by atoms with van der Waals surface area (Å²) < 4.78 is 1.71. The van der Waals surface area contributed by atoms with Gasteiger partial charge in [-0.1, -0.05) is 48.5 Å². The van der Waals surface area contributed by atoms with Crippen LogP contribution >= 0.6 is 0 Å². The van der Waals surface area contributed by atoms with E-state index in [2.05, 4.69) is 57.6 Å². The lowest BCUT2D eigenvalue weighted by Crippen LogP contribution is -2.19. The summed E-state index contributed by atoms with van der Waals surface area (Å²) in [6.45, 7) is 3.30. The van der Waals surface area contributed by atoms with Gasteiger partial charge in [0.1, 0.15) is 0 Å². The SMILES string of the molecule is Cc1c(-c2ccccc2)cccc1-c1cn2nc(CNCCO)cnc2n1. The van der Waals surface area contributed by atoms with Gasteiger partial charge in [-0.25, -0.2) is 14.5 Å². The highest BCUT2D eigenvalue weighted by Gasteiger charge is 2.12. The average molecular weight is 359 g/mol. The van der Waals surface area contributed by atoms with Gasteiger partial charge in [0, 0.05) is 18.7 Å². The number of fused-ring (bicyclic) bond motifs is 1. The van der Waals surface area contributed by atoms with Crippen molar-refractivity contribution < 1.29 is 5.11 Å². The van der Waals surface area contributed by atoms with Crippen molar-refractivity contribution in [3.63, 3.8) is 0 Å². The van der Waals surface area contributed by atoms with Crippen LogP contribution in [-0.2, 0) is 6.54 Å². The molecule has 0 aliphatic carbocycles. The maximum atomic E-state index is 8.86. The molecule has 0 aliphatic heterocycles. The van der Waals surface area contributed by atoms with E-state index in [4.69, 9.17) is 5.11 Å². The van der Waals surface area contributed by atoms with E-state index in [-0.39, 0.29) is 6.61 Å². The molecule has 6 nitrogen and oxygen atoms in total. The number of hydrogen-bond acceptors (Lipinski definition) is 5. The number of aliphatic hydroxyl groups is 1. The summed E-state index contributed by atoms with van der Waals surface area (Å²) >= 11 is 0. The van der Waals surface area contributed by atoms with Gasteiger partial charge < -0.3 is 10.4 Å². The van der Waals surface area contributed by atoms with E-state index < -0.39 is 0 Å². The lowest BCUT2D eigenvalue weighted by atomic mass is 9.95. The summed E-state index contributed by atoms with van der Waals surface area (Å²) in [5, 5.41) is 16.5. The third-order valence-electron chi connectivity index (χ3n) is 4.52. The summed E-state index contributed by atoms with van der Waals surface area (Å²) in [4.78, 5) is 9.05. The van der Waals surface area contributed by atoms with Crippen LogP contribution in [0, 0.1) is 6.92 Å². The van der Waals surface area contributed by atoms with E-state index in [0.29, 0.717) is 18.9 Å². The van der Waals surface area contributed by atoms with Gasteiger partial charge in [0.15, 0.2) is 0 Å². The summed E-state index contributed by atoms with van der Waals surface area (Å²) in [6, 6.07) is 16.6. The van der Waals surface area contributed by atoms with Crippen LogP contribution in [0.3, 0.4) is 0 Å². The molecule has 136 valence electrons. The van der Waals surface area contributed by atoms with Crippen LogP contribution in [0.5, 0.6) is 0 Å². The van der Waals surface area contributed by atoms with Gasteiger partial charge in [-0.3, -0.25) is 0 Å². The van der Waals surface area contributed by atoms with Gasteiger partial charge in [-0.15, -0.1) is 0 Å². The first-order valence-corrected chi connectivity index (χ1v) is 8.94. The first-order valence-electron chi connectivity index (χ1n) is 8.94. The van der Waals surface area contributed by atoms with Crippen molar-refractivity contribution in [2.24, 2.45) is 0 Å². The molecule has 27 heavy (non-hydrogen) atoms. The minimum absolute atomic E-state index is 0.0991. The summed E-state index contributed by atoms with van der Waals surface area (Å²) in [5.41, 5.74) is 6.29. The Labute approximate surface area is 157 Å². The maximum absolute atomic E-state index is 8.86. The van der Waals surface area contributed by atoms with Crippen LogP contribution in [-0.4, -0.2) is 37.8 Å². The number of imidazole rings is 1. The molecule has 2 aromatic carbocycles. The van der Waals surface area contributed by atoms with Gasteiger partial charge in [0.2, 0.25) is 0 Å². The molecule has 0 bridgehead atoms.